The fourth-order valence-corrected chi connectivity index (χ4v) is 6.77. The monoisotopic (exact) mass is 704 g/mol. The molecule has 6 N–H and O–H groups in total. The average molecular weight is 705 g/mol. The van der Waals surface area contributed by atoms with Gasteiger partial charge in [0.1, 0.15) is 11.4 Å². The van der Waals surface area contributed by atoms with Gasteiger partial charge in [0, 0.05) is 71.3 Å². The first kappa shape index (κ1) is 34.9. The molecule has 51 heavy (non-hydrogen) atoms. The lowest BCUT2D eigenvalue weighted by molar-refractivity contribution is -0.120. The van der Waals surface area contributed by atoms with Crippen LogP contribution in [-0.2, 0) is 30.7 Å². The molecule has 0 bridgehead atoms. The predicted octanol–water partition coefficient (Wildman–Crippen LogP) is 5.21. The van der Waals surface area contributed by atoms with Crippen LogP contribution in [0.15, 0.2) is 78.4 Å². The smallest absolute Gasteiger partial charge is 0.355 e. The van der Waals surface area contributed by atoms with Crippen molar-refractivity contribution in [1.29, 1.82) is 0 Å². The first-order valence-electron chi connectivity index (χ1n) is 16.4. The van der Waals surface area contributed by atoms with E-state index in [9.17, 15) is 24.3 Å². The van der Waals surface area contributed by atoms with Crippen LogP contribution in [0.4, 0.5) is 5.69 Å². The normalized spacial score (nSPS) is 11.7. The highest BCUT2D eigenvalue weighted by atomic mass is 32.1. The van der Waals surface area contributed by atoms with Gasteiger partial charge >= 0.3 is 5.97 Å². The summed E-state index contributed by atoms with van der Waals surface area (Å²) in [5.74, 6) is -2.19. The molecular formula is C38H36N6O6S. The number of thiophene rings is 1. The van der Waals surface area contributed by atoms with E-state index in [0.29, 0.717) is 48.6 Å². The van der Waals surface area contributed by atoms with E-state index in [1.807, 2.05) is 24.4 Å². The molecule has 0 radical (unpaired) electrons. The molecule has 4 heterocycles. The summed E-state index contributed by atoms with van der Waals surface area (Å²) in [6.07, 6.45) is 4.64. The number of amides is 3. The molecule has 3 amide bonds. The number of nitrogens with one attached hydrogen (secondary N) is 3. The highest BCUT2D eigenvalue weighted by Gasteiger charge is 2.27. The number of carbonyl (C=O) groups excluding carboxylic acids is 3. The summed E-state index contributed by atoms with van der Waals surface area (Å²) in [5, 5.41) is 20.8. The molecule has 13 heteroatoms. The molecule has 6 rings (SSSR count). The van der Waals surface area contributed by atoms with Crippen LogP contribution in [0.5, 0.6) is 5.75 Å². The lowest BCUT2D eigenvalue weighted by atomic mass is 9.93. The fraction of sp³-hybridized carbons (Fsp3) is 0.211. The Hall–Kier alpha value is -5.92. The molecule has 3 aromatic heterocycles. The Morgan fingerprint density at radius 3 is 2.59 bits per heavy atom. The van der Waals surface area contributed by atoms with Crippen molar-refractivity contribution in [2.75, 3.05) is 18.5 Å². The second-order valence-corrected chi connectivity index (χ2v) is 12.8. The SMILES string of the molecule is CCCNC(=O)c1ccc(-c2cc3c(cc2C(=O)Nc2ccc(CN)cc2CC(=O)NCc2cccnc2)-c2sccc2CCO3)c(C(=O)O)n1. The Balaban J connectivity index is 1.40. The zero-order chi connectivity index (χ0) is 35.9. The molecule has 5 aromatic rings. The van der Waals surface area contributed by atoms with Gasteiger partial charge in [0.05, 0.1) is 13.0 Å². The molecular weight excluding hydrogens is 669 g/mol. The van der Waals surface area contributed by atoms with E-state index in [1.165, 1.54) is 23.5 Å². The number of carboxylic acids is 1. The largest absolute Gasteiger partial charge is 0.493 e. The van der Waals surface area contributed by atoms with Crippen molar-refractivity contribution in [3.05, 3.63) is 118 Å². The van der Waals surface area contributed by atoms with Gasteiger partial charge in [-0.2, -0.15) is 0 Å². The van der Waals surface area contributed by atoms with Gasteiger partial charge in [-0.15, -0.1) is 11.3 Å². The predicted molar refractivity (Wildman–Crippen MR) is 194 cm³/mol. The minimum absolute atomic E-state index is 0.0399. The van der Waals surface area contributed by atoms with E-state index in [0.717, 1.165) is 21.6 Å². The van der Waals surface area contributed by atoms with Crippen molar-refractivity contribution in [3.63, 3.8) is 0 Å². The number of hydrogen-bond acceptors (Lipinski definition) is 9. The van der Waals surface area contributed by atoms with Gasteiger partial charge in [0.15, 0.2) is 5.69 Å². The Morgan fingerprint density at radius 1 is 0.961 bits per heavy atom. The van der Waals surface area contributed by atoms with Crippen LogP contribution in [-0.4, -0.2) is 51.9 Å². The first-order chi connectivity index (χ1) is 24.7. The number of nitrogens with two attached hydrogens (primary N) is 1. The Bertz CT molecular complexity index is 2120. The number of anilines is 1. The van der Waals surface area contributed by atoms with Gasteiger partial charge in [-0.1, -0.05) is 25.1 Å². The molecule has 0 unspecified atom stereocenters. The molecule has 0 fully saturated rings. The third-order valence-corrected chi connectivity index (χ3v) is 9.35. The Labute approximate surface area is 298 Å². The van der Waals surface area contributed by atoms with Crippen molar-refractivity contribution in [2.24, 2.45) is 5.73 Å². The molecule has 0 atom stereocenters. The van der Waals surface area contributed by atoms with Crippen molar-refractivity contribution in [2.45, 2.75) is 39.3 Å². The maximum atomic E-state index is 14.4. The molecule has 0 saturated heterocycles. The summed E-state index contributed by atoms with van der Waals surface area (Å²) in [7, 11) is 0. The van der Waals surface area contributed by atoms with Gasteiger partial charge in [0.2, 0.25) is 5.91 Å². The molecule has 2 aromatic carbocycles. The van der Waals surface area contributed by atoms with Gasteiger partial charge in [-0.05, 0) is 76.5 Å². The number of benzene rings is 2. The third kappa shape index (κ3) is 7.95. The molecule has 1 aliphatic heterocycles. The standard InChI is InChI=1S/C38H36N6O6S/c1-2-11-41-37(47)31-8-6-26(34(43-31)38(48)49)27-18-32-29(35-24(9-13-50-32)10-14-51-35)17-28(27)36(46)44-30-7-5-22(19-39)15-25(30)16-33(45)42-21-23-4-3-12-40-20-23/h3-8,10,12,14-15,17-18,20H,2,9,11,13,16,19,21,39H2,1H3,(H,41,47)(H,42,45)(H,44,46)(H,48,49). The summed E-state index contributed by atoms with van der Waals surface area (Å²) in [6.45, 7) is 3.22. The molecule has 0 spiro atoms. The minimum Gasteiger partial charge on any atom is -0.493 e. The van der Waals surface area contributed by atoms with Crippen LogP contribution in [0.2, 0.25) is 0 Å². The second-order valence-electron chi connectivity index (χ2n) is 11.9. The van der Waals surface area contributed by atoms with Crippen LogP contribution in [0.3, 0.4) is 0 Å². The van der Waals surface area contributed by atoms with Crippen molar-refractivity contribution in [3.8, 4) is 27.3 Å². The van der Waals surface area contributed by atoms with Crippen LogP contribution in [0.25, 0.3) is 21.6 Å². The Kier molecular flexibility index (Phi) is 10.8. The lowest BCUT2D eigenvalue weighted by Crippen LogP contribution is -2.26. The molecule has 1 aliphatic rings. The summed E-state index contributed by atoms with van der Waals surface area (Å²) < 4.78 is 6.14. The third-order valence-electron chi connectivity index (χ3n) is 8.36. The number of fused-ring (bicyclic) bond motifs is 3. The number of ether oxygens (including phenoxy) is 1. The highest BCUT2D eigenvalue weighted by molar-refractivity contribution is 7.13. The van der Waals surface area contributed by atoms with E-state index < -0.39 is 23.5 Å². The minimum atomic E-state index is -1.37. The maximum Gasteiger partial charge on any atom is 0.355 e. The van der Waals surface area contributed by atoms with E-state index >= 15 is 0 Å². The number of hydrogen-bond donors (Lipinski definition) is 5. The molecule has 0 saturated carbocycles. The zero-order valence-electron chi connectivity index (χ0n) is 27.8. The number of carbonyl (C=O) groups is 4. The first-order valence-corrected chi connectivity index (χ1v) is 17.3. The van der Waals surface area contributed by atoms with E-state index in [1.54, 1.807) is 48.8 Å². The average Bonchev–Trinajstić information content (AvgIpc) is 3.54. The summed E-state index contributed by atoms with van der Waals surface area (Å²) >= 11 is 1.52. The summed E-state index contributed by atoms with van der Waals surface area (Å²) in [5.41, 5.74) is 10.3. The zero-order valence-corrected chi connectivity index (χ0v) is 28.6. The molecule has 260 valence electrons. The summed E-state index contributed by atoms with van der Waals surface area (Å²) in [4.78, 5) is 62.0. The quantitative estimate of drug-likeness (QED) is 0.116. The second kappa shape index (κ2) is 15.7. The number of carboxylic acid groups (broad SMARTS) is 1. The van der Waals surface area contributed by atoms with Crippen molar-refractivity contribution < 1.29 is 29.0 Å². The van der Waals surface area contributed by atoms with Crippen LogP contribution >= 0.6 is 11.3 Å². The summed E-state index contributed by atoms with van der Waals surface area (Å²) in [6, 6.07) is 17.2. The fourth-order valence-electron chi connectivity index (χ4n) is 5.79. The Morgan fingerprint density at radius 2 is 1.82 bits per heavy atom. The van der Waals surface area contributed by atoms with Crippen LogP contribution < -0.4 is 26.4 Å². The van der Waals surface area contributed by atoms with Gasteiger partial charge in [-0.25, -0.2) is 9.78 Å². The number of aromatic carboxylic acids is 1. The number of aromatic nitrogens is 2. The maximum absolute atomic E-state index is 14.4. The van der Waals surface area contributed by atoms with E-state index in [-0.39, 0.29) is 47.8 Å². The highest BCUT2D eigenvalue weighted by Crippen LogP contribution is 2.43. The molecule has 12 nitrogen and oxygen atoms in total. The van der Waals surface area contributed by atoms with E-state index in [2.05, 4.69) is 25.9 Å². The van der Waals surface area contributed by atoms with E-state index in [4.69, 9.17) is 10.5 Å². The topological polar surface area (TPSA) is 186 Å². The number of rotatable bonds is 12. The van der Waals surface area contributed by atoms with Crippen LogP contribution in [0.1, 0.15) is 66.9 Å². The number of nitrogens with zero attached hydrogens (tertiary/aromatic N) is 2. The van der Waals surface area contributed by atoms with Crippen molar-refractivity contribution >= 4 is 40.7 Å². The lowest BCUT2D eigenvalue weighted by Gasteiger charge is -2.18. The number of pyridine rings is 2. The van der Waals surface area contributed by atoms with Gasteiger partial charge < -0.3 is 31.5 Å². The van der Waals surface area contributed by atoms with Gasteiger partial charge in [0.25, 0.3) is 11.8 Å². The van der Waals surface area contributed by atoms with Gasteiger partial charge in [-0.3, -0.25) is 19.4 Å². The molecule has 0 aliphatic carbocycles. The van der Waals surface area contributed by atoms with Crippen LogP contribution in [0, 0.1) is 0 Å². The van der Waals surface area contributed by atoms with Crippen molar-refractivity contribution in [1.82, 2.24) is 20.6 Å².